The molecule has 3 amide bonds. The van der Waals surface area contributed by atoms with E-state index in [-0.39, 0.29) is 36.2 Å². The van der Waals surface area contributed by atoms with Crippen LogP contribution in [0, 0.1) is 11.8 Å². The van der Waals surface area contributed by atoms with Crippen LogP contribution in [0.1, 0.15) is 71.5 Å². The molecule has 1 aromatic carbocycles. The predicted octanol–water partition coefficient (Wildman–Crippen LogP) is 3.16. The number of ether oxygens (including phenoxy) is 2. The molecule has 0 spiro atoms. The first-order chi connectivity index (χ1) is 18.6. The van der Waals surface area contributed by atoms with E-state index in [1.54, 1.807) is 40.0 Å². The molecule has 220 valence electrons. The zero-order valence-corrected chi connectivity index (χ0v) is 24.7. The molecule has 0 aromatic heterocycles. The van der Waals surface area contributed by atoms with E-state index >= 15 is 0 Å². The van der Waals surface area contributed by atoms with Crippen molar-refractivity contribution in [2.75, 3.05) is 27.8 Å². The van der Waals surface area contributed by atoms with Gasteiger partial charge in [0.25, 0.3) is 0 Å². The van der Waals surface area contributed by atoms with Crippen LogP contribution < -0.4 is 5.32 Å². The molecule has 1 fully saturated rings. The molecule has 1 aromatic rings. The van der Waals surface area contributed by atoms with E-state index in [2.05, 4.69) is 19.2 Å². The Morgan fingerprint density at radius 3 is 2.38 bits per heavy atom. The molecule has 0 saturated carbocycles. The number of carbonyl (C=O) groups excluding carboxylic acids is 3. The maximum atomic E-state index is 13.7. The summed E-state index contributed by atoms with van der Waals surface area (Å²) in [7, 11) is 4.87. The molecule has 0 radical (unpaired) electrons. The summed E-state index contributed by atoms with van der Waals surface area (Å²) in [6.45, 7) is 8.27. The number of benzene rings is 1. The number of methoxy groups -OCH3 is 2. The number of rotatable bonds is 15. The maximum absolute atomic E-state index is 13.7. The van der Waals surface area contributed by atoms with E-state index in [1.165, 1.54) is 0 Å². The Kier molecular flexibility index (Phi) is 13.4. The fourth-order valence-electron chi connectivity index (χ4n) is 5.80. The van der Waals surface area contributed by atoms with Crippen molar-refractivity contribution in [3.8, 4) is 0 Å². The molecule has 2 rings (SSSR count). The summed E-state index contributed by atoms with van der Waals surface area (Å²) in [5.74, 6) is -0.701. The minimum absolute atomic E-state index is 0.0679. The lowest BCUT2D eigenvalue weighted by molar-refractivity contribution is -0.148. The molecular formula is C30H49N3O6. The van der Waals surface area contributed by atoms with Gasteiger partial charge in [-0.05, 0) is 37.7 Å². The molecule has 9 nitrogen and oxygen atoms in total. The van der Waals surface area contributed by atoms with Crippen LogP contribution in [0.5, 0.6) is 0 Å². The van der Waals surface area contributed by atoms with Crippen LogP contribution >= 0.6 is 0 Å². The van der Waals surface area contributed by atoms with Crippen LogP contribution in [-0.4, -0.2) is 91.3 Å². The zero-order chi connectivity index (χ0) is 29.1. The van der Waals surface area contributed by atoms with E-state index in [4.69, 9.17) is 9.47 Å². The second-order valence-corrected chi connectivity index (χ2v) is 10.9. The van der Waals surface area contributed by atoms with Crippen LogP contribution in [0.25, 0.3) is 0 Å². The van der Waals surface area contributed by atoms with E-state index in [0.29, 0.717) is 6.54 Å². The number of likely N-dealkylation sites (tertiary alicyclic amines) is 1. The average Bonchev–Trinajstić information content (AvgIpc) is 2.96. The summed E-state index contributed by atoms with van der Waals surface area (Å²) in [6.07, 6.45) is 2.50. The van der Waals surface area contributed by atoms with Crippen LogP contribution in [0.4, 0.5) is 0 Å². The molecule has 0 aliphatic carbocycles. The Bertz CT molecular complexity index is 900. The maximum Gasteiger partial charge on any atom is 0.225 e. The summed E-state index contributed by atoms with van der Waals surface area (Å²) in [5, 5.41) is 13.6. The smallest absolute Gasteiger partial charge is 0.225 e. The lowest BCUT2D eigenvalue weighted by atomic mass is 9.87. The van der Waals surface area contributed by atoms with Crippen LogP contribution in [-0.2, 0) is 23.9 Å². The number of hydrogen-bond acceptors (Lipinski definition) is 6. The van der Waals surface area contributed by atoms with Crippen molar-refractivity contribution in [2.45, 2.75) is 96.2 Å². The molecule has 1 aliphatic rings. The standard InChI is InChI=1S/C30H49N3O6/c1-8-20(2)27(32(5)19-34)25(38-6)18-26(35)33-17-13-12-16-24(33)29(39-7)21(3)30(37)31-22(4)28(36)23-14-10-9-11-15-23/h9-11,14-15,19-22,24-25,27-29,36H,8,12-13,16-18H2,1-7H3,(H,31,37). The average molecular weight is 548 g/mol. The van der Waals surface area contributed by atoms with E-state index < -0.39 is 30.3 Å². The van der Waals surface area contributed by atoms with Gasteiger partial charge in [0.2, 0.25) is 18.2 Å². The first-order valence-corrected chi connectivity index (χ1v) is 14.2. The second-order valence-electron chi connectivity index (χ2n) is 10.9. The Labute approximate surface area is 234 Å². The van der Waals surface area contributed by atoms with Gasteiger partial charge in [0, 0.05) is 27.8 Å². The highest BCUT2D eigenvalue weighted by molar-refractivity contribution is 5.80. The monoisotopic (exact) mass is 547 g/mol. The summed E-state index contributed by atoms with van der Waals surface area (Å²) < 4.78 is 11.6. The Morgan fingerprint density at radius 2 is 1.82 bits per heavy atom. The summed E-state index contributed by atoms with van der Waals surface area (Å²) in [4.78, 5) is 42.0. The summed E-state index contributed by atoms with van der Waals surface area (Å²) >= 11 is 0. The third-order valence-corrected chi connectivity index (χ3v) is 8.33. The van der Waals surface area contributed by atoms with Gasteiger partial charge in [-0.15, -0.1) is 0 Å². The molecule has 1 aliphatic heterocycles. The first-order valence-electron chi connectivity index (χ1n) is 14.2. The number of nitrogens with zero attached hydrogens (tertiary/aromatic N) is 2. The molecule has 2 N–H and O–H groups in total. The van der Waals surface area contributed by atoms with Gasteiger partial charge in [0.05, 0.1) is 48.8 Å². The molecule has 9 heteroatoms. The predicted molar refractivity (Wildman–Crippen MR) is 151 cm³/mol. The van der Waals surface area contributed by atoms with Gasteiger partial charge in [-0.2, -0.15) is 0 Å². The number of likely N-dealkylation sites (N-methyl/N-ethyl adjacent to an activating group) is 1. The van der Waals surface area contributed by atoms with Crippen LogP contribution in [0.15, 0.2) is 30.3 Å². The lowest BCUT2D eigenvalue weighted by Crippen LogP contribution is -2.56. The molecule has 1 heterocycles. The number of aliphatic hydroxyl groups excluding tert-OH is 1. The highest BCUT2D eigenvalue weighted by Gasteiger charge is 2.40. The minimum atomic E-state index is -0.843. The van der Waals surface area contributed by atoms with Crippen molar-refractivity contribution >= 4 is 18.2 Å². The van der Waals surface area contributed by atoms with Crippen LogP contribution in [0.3, 0.4) is 0 Å². The molecular weight excluding hydrogens is 498 g/mol. The zero-order valence-electron chi connectivity index (χ0n) is 24.7. The number of amides is 3. The molecule has 8 atom stereocenters. The molecule has 0 bridgehead atoms. The van der Waals surface area contributed by atoms with E-state index in [1.807, 2.05) is 35.2 Å². The largest absolute Gasteiger partial charge is 0.386 e. The van der Waals surface area contributed by atoms with E-state index in [0.717, 1.165) is 37.7 Å². The number of aliphatic hydroxyl groups is 1. The summed E-state index contributed by atoms with van der Waals surface area (Å²) in [5.41, 5.74) is 0.730. The van der Waals surface area contributed by atoms with Gasteiger partial charge in [0.15, 0.2) is 0 Å². The number of piperidine rings is 1. The quantitative estimate of drug-likeness (QED) is 0.327. The molecule has 8 unspecified atom stereocenters. The Hall–Kier alpha value is -2.49. The Morgan fingerprint density at radius 1 is 1.15 bits per heavy atom. The van der Waals surface area contributed by atoms with Crippen molar-refractivity contribution < 1.29 is 29.0 Å². The number of hydrogen-bond donors (Lipinski definition) is 2. The SMILES string of the molecule is CCC(C)C(C(CC(=O)N1CCCCC1C(OC)C(C)C(=O)NC(C)C(O)c1ccccc1)OC)N(C)C=O. The Balaban J connectivity index is 2.16. The van der Waals surface area contributed by atoms with Crippen molar-refractivity contribution in [3.05, 3.63) is 35.9 Å². The van der Waals surface area contributed by atoms with Gasteiger partial charge < -0.3 is 29.7 Å². The number of nitrogens with one attached hydrogen (secondary N) is 1. The normalized spacial score (nSPS) is 21.1. The van der Waals surface area contributed by atoms with Crippen molar-refractivity contribution in [2.24, 2.45) is 11.8 Å². The summed E-state index contributed by atoms with van der Waals surface area (Å²) in [6, 6.07) is 8.22. The van der Waals surface area contributed by atoms with Crippen LogP contribution in [0.2, 0.25) is 0 Å². The highest BCUT2D eigenvalue weighted by atomic mass is 16.5. The minimum Gasteiger partial charge on any atom is -0.386 e. The van der Waals surface area contributed by atoms with Gasteiger partial charge >= 0.3 is 0 Å². The second kappa shape index (κ2) is 15.9. The molecule has 1 saturated heterocycles. The third kappa shape index (κ3) is 8.50. The highest BCUT2D eigenvalue weighted by Crippen LogP contribution is 2.29. The number of carbonyl (C=O) groups is 3. The fraction of sp³-hybridized carbons (Fsp3) is 0.700. The van der Waals surface area contributed by atoms with Crippen molar-refractivity contribution in [3.63, 3.8) is 0 Å². The first kappa shape index (κ1) is 32.7. The van der Waals surface area contributed by atoms with Gasteiger partial charge in [-0.1, -0.05) is 57.5 Å². The fourth-order valence-corrected chi connectivity index (χ4v) is 5.80. The van der Waals surface area contributed by atoms with Crippen molar-refractivity contribution in [1.29, 1.82) is 0 Å². The van der Waals surface area contributed by atoms with E-state index in [9.17, 15) is 19.5 Å². The lowest BCUT2D eigenvalue weighted by Gasteiger charge is -2.43. The van der Waals surface area contributed by atoms with Gasteiger partial charge in [0.1, 0.15) is 0 Å². The molecule has 39 heavy (non-hydrogen) atoms. The third-order valence-electron chi connectivity index (χ3n) is 8.33. The topological polar surface area (TPSA) is 108 Å². The van der Waals surface area contributed by atoms with Gasteiger partial charge in [-0.25, -0.2) is 0 Å². The van der Waals surface area contributed by atoms with Crippen molar-refractivity contribution in [1.82, 2.24) is 15.1 Å². The van der Waals surface area contributed by atoms with Gasteiger partial charge in [-0.3, -0.25) is 14.4 Å².